The van der Waals surface area contributed by atoms with Crippen LogP contribution in [-0.4, -0.2) is 30.2 Å². The smallest absolute Gasteiger partial charge is 0.189 e. The van der Waals surface area contributed by atoms with Gasteiger partial charge in [-0.2, -0.15) is 5.10 Å². The fraction of sp³-hybridized carbons (Fsp3) is 0.250. The Bertz CT molecular complexity index is 978. The second kappa shape index (κ2) is 10.3. The van der Waals surface area contributed by atoms with Crippen LogP contribution in [0.25, 0.3) is 17.3 Å². The number of ether oxygens (including phenoxy) is 2. The van der Waals surface area contributed by atoms with Crippen molar-refractivity contribution in [2.75, 3.05) is 14.2 Å². The molecule has 0 aliphatic heterocycles. The van der Waals surface area contributed by atoms with Gasteiger partial charge in [0.25, 0.3) is 0 Å². The van der Waals surface area contributed by atoms with Crippen molar-refractivity contribution >= 4 is 11.9 Å². The lowest BCUT2D eigenvalue weighted by Gasteiger charge is -2.08. The van der Waals surface area contributed by atoms with Gasteiger partial charge in [0.15, 0.2) is 17.3 Å². The molecule has 5 heteroatoms. The SMILES string of the molecule is C=CC1=C(/C=C\C)C/C(=C\c2cc(-c3ccc(OC)c(OC)c3)n[nH]2)C1=O.CC. The number of hydrogen-bond donors (Lipinski definition) is 1. The Morgan fingerprint density at radius 1 is 1.14 bits per heavy atom. The van der Waals surface area contributed by atoms with Crippen LogP contribution in [0.15, 0.2) is 65.8 Å². The molecule has 1 aromatic carbocycles. The van der Waals surface area contributed by atoms with Crippen LogP contribution in [0.1, 0.15) is 32.9 Å². The average Bonchev–Trinajstić information content (AvgIpc) is 3.34. The lowest BCUT2D eigenvalue weighted by atomic mass is 10.1. The molecule has 29 heavy (non-hydrogen) atoms. The molecule has 5 nitrogen and oxygen atoms in total. The largest absolute Gasteiger partial charge is 0.493 e. The molecule has 1 heterocycles. The van der Waals surface area contributed by atoms with Crippen molar-refractivity contribution in [3.8, 4) is 22.8 Å². The van der Waals surface area contributed by atoms with Gasteiger partial charge in [0.1, 0.15) is 0 Å². The first-order chi connectivity index (χ1) is 14.1. The Hall–Kier alpha value is -3.34. The zero-order valence-corrected chi connectivity index (χ0v) is 17.7. The zero-order chi connectivity index (χ0) is 21.4. The van der Waals surface area contributed by atoms with E-state index >= 15 is 0 Å². The van der Waals surface area contributed by atoms with Gasteiger partial charge in [-0.3, -0.25) is 9.89 Å². The average molecular weight is 392 g/mol. The number of H-pyrrole nitrogens is 1. The normalized spacial score (nSPS) is 14.9. The summed E-state index contributed by atoms with van der Waals surface area (Å²) >= 11 is 0. The summed E-state index contributed by atoms with van der Waals surface area (Å²) in [6.07, 6.45) is 7.95. The van der Waals surface area contributed by atoms with Gasteiger partial charge >= 0.3 is 0 Å². The maximum atomic E-state index is 12.6. The van der Waals surface area contributed by atoms with Crippen LogP contribution >= 0.6 is 0 Å². The molecule has 1 aliphatic carbocycles. The standard InChI is InChI=1S/C22H22N2O3.C2H6/c1-5-7-14-10-16(22(25)18(14)6-2)11-17-13-19(24-23-17)15-8-9-20(26-3)21(12-15)27-4;1-2/h5-9,11-13H,2,10H2,1,3-4H3,(H,23,24);1-2H3/b7-5-,16-11+;. The van der Waals surface area contributed by atoms with Crippen LogP contribution in [0.2, 0.25) is 0 Å². The number of nitrogens with one attached hydrogen (secondary N) is 1. The van der Waals surface area contributed by atoms with Gasteiger partial charge in [-0.05, 0) is 42.8 Å². The molecule has 0 bridgehead atoms. The van der Waals surface area contributed by atoms with E-state index in [1.165, 1.54) is 0 Å². The summed E-state index contributed by atoms with van der Waals surface area (Å²) in [6, 6.07) is 7.53. The number of ketones is 1. The molecule has 0 amide bonds. The Balaban J connectivity index is 0.00000145. The molecule has 2 aromatic rings. The number of aromatic nitrogens is 2. The highest BCUT2D eigenvalue weighted by molar-refractivity contribution is 6.16. The number of benzene rings is 1. The summed E-state index contributed by atoms with van der Waals surface area (Å²) in [5, 5.41) is 7.34. The molecule has 152 valence electrons. The Morgan fingerprint density at radius 2 is 1.86 bits per heavy atom. The second-order valence-electron chi connectivity index (χ2n) is 6.10. The van der Waals surface area contributed by atoms with Crippen molar-refractivity contribution in [1.29, 1.82) is 0 Å². The van der Waals surface area contributed by atoms with Crippen LogP contribution in [-0.2, 0) is 4.79 Å². The molecule has 1 aromatic heterocycles. The summed E-state index contributed by atoms with van der Waals surface area (Å²) in [4.78, 5) is 12.6. The second-order valence-corrected chi connectivity index (χ2v) is 6.10. The molecule has 0 unspecified atom stereocenters. The molecule has 0 saturated heterocycles. The maximum Gasteiger partial charge on any atom is 0.189 e. The molecule has 0 radical (unpaired) electrons. The third-order valence-corrected chi connectivity index (χ3v) is 4.44. The van der Waals surface area contributed by atoms with E-state index in [9.17, 15) is 4.79 Å². The zero-order valence-electron chi connectivity index (χ0n) is 17.7. The number of carbonyl (C=O) groups excluding carboxylic acids is 1. The van der Waals surface area contributed by atoms with Gasteiger partial charge in [-0.1, -0.05) is 38.7 Å². The maximum absolute atomic E-state index is 12.6. The number of aromatic amines is 1. The Morgan fingerprint density at radius 3 is 2.48 bits per heavy atom. The van der Waals surface area contributed by atoms with Crippen LogP contribution < -0.4 is 9.47 Å². The fourth-order valence-electron chi connectivity index (χ4n) is 3.13. The van der Waals surface area contributed by atoms with Crippen molar-refractivity contribution in [3.63, 3.8) is 0 Å². The minimum atomic E-state index is 0.0142. The quantitative estimate of drug-likeness (QED) is 0.656. The first kappa shape index (κ1) is 22.0. The predicted octanol–water partition coefficient (Wildman–Crippen LogP) is 5.54. The van der Waals surface area contributed by atoms with Crippen molar-refractivity contribution in [2.45, 2.75) is 27.2 Å². The fourth-order valence-corrected chi connectivity index (χ4v) is 3.13. The van der Waals surface area contributed by atoms with Crippen LogP contribution in [0.5, 0.6) is 11.5 Å². The first-order valence-corrected chi connectivity index (χ1v) is 9.62. The van der Waals surface area contributed by atoms with E-state index < -0.39 is 0 Å². The van der Waals surface area contributed by atoms with Crippen molar-refractivity contribution in [3.05, 3.63) is 71.5 Å². The lowest BCUT2D eigenvalue weighted by molar-refractivity contribution is -0.111. The summed E-state index contributed by atoms with van der Waals surface area (Å²) in [5.41, 5.74) is 4.81. The molecule has 3 rings (SSSR count). The summed E-state index contributed by atoms with van der Waals surface area (Å²) in [6.45, 7) is 9.69. The number of rotatable bonds is 6. The highest BCUT2D eigenvalue weighted by atomic mass is 16.5. The van der Waals surface area contributed by atoms with Gasteiger partial charge in [-0.25, -0.2) is 0 Å². The summed E-state index contributed by atoms with van der Waals surface area (Å²) < 4.78 is 10.6. The summed E-state index contributed by atoms with van der Waals surface area (Å²) in [7, 11) is 3.20. The highest BCUT2D eigenvalue weighted by Crippen LogP contribution is 2.33. The van der Waals surface area contributed by atoms with Gasteiger partial charge in [0.05, 0.1) is 25.6 Å². The Kier molecular flexibility index (Phi) is 7.78. The van der Waals surface area contributed by atoms with Gasteiger partial charge < -0.3 is 9.47 Å². The van der Waals surface area contributed by atoms with Crippen LogP contribution in [0.3, 0.4) is 0 Å². The third kappa shape index (κ3) is 4.74. The number of methoxy groups -OCH3 is 2. The number of nitrogens with zero attached hydrogens (tertiary/aromatic N) is 1. The molecule has 0 atom stereocenters. The Labute approximate surface area is 172 Å². The van der Waals surface area contributed by atoms with Crippen molar-refractivity contribution in [1.82, 2.24) is 10.2 Å². The number of Topliss-reactive ketones (excluding diaryl/α,β-unsaturated/α-hetero) is 1. The topological polar surface area (TPSA) is 64.2 Å². The van der Waals surface area contributed by atoms with E-state index in [0.29, 0.717) is 23.5 Å². The monoisotopic (exact) mass is 392 g/mol. The van der Waals surface area contributed by atoms with Crippen molar-refractivity contribution in [2.24, 2.45) is 0 Å². The molecule has 1 N–H and O–H groups in total. The number of carbonyl (C=O) groups is 1. The molecule has 0 fully saturated rings. The highest BCUT2D eigenvalue weighted by Gasteiger charge is 2.24. The molecular weight excluding hydrogens is 364 g/mol. The first-order valence-electron chi connectivity index (χ1n) is 9.62. The number of hydrogen-bond acceptors (Lipinski definition) is 4. The predicted molar refractivity (Wildman–Crippen MR) is 118 cm³/mol. The molecule has 1 aliphatic rings. The van der Waals surface area contributed by atoms with Crippen LogP contribution in [0, 0.1) is 0 Å². The van der Waals surface area contributed by atoms with E-state index in [1.54, 1.807) is 20.3 Å². The van der Waals surface area contributed by atoms with E-state index in [-0.39, 0.29) is 5.78 Å². The van der Waals surface area contributed by atoms with Gasteiger partial charge in [-0.15, -0.1) is 0 Å². The molecule has 0 spiro atoms. The van der Waals surface area contributed by atoms with E-state index in [2.05, 4.69) is 16.8 Å². The van der Waals surface area contributed by atoms with Gasteiger partial charge in [0, 0.05) is 23.1 Å². The summed E-state index contributed by atoms with van der Waals surface area (Å²) in [5.74, 6) is 1.32. The minimum Gasteiger partial charge on any atom is -0.493 e. The molecule has 0 saturated carbocycles. The molecular formula is C24H28N2O3. The van der Waals surface area contributed by atoms with Gasteiger partial charge in [0.2, 0.25) is 0 Å². The van der Waals surface area contributed by atoms with E-state index in [1.807, 2.05) is 63.3 Å². The van der Waals surface area contributed by atoms with E-state index in [0.717, 1.165) is 28.1 Å². The van der Waals surface area contributed by atoms with E-state index in [4.69, 9.17) is 9.47 Å². The van der Waals surface area contributed by atoms with Crippen molar-refractivity contribution < 1.29 is 14.3 Å². The lowest BCUT2D eigenvalue weighted by Crippen LogP contribution is -1.96. The number of allylic oxidation sites excluding steroid dienone is 6. The minimum absolute atomic E-state index is 0.0142. The third-order valence-electron chi connectivity index (χ3n) is 4.44. The van der Waals surface area contributed by atoms with Crippen LogP contribution in [0.4, 0.5) is 0 Å².